The first-order chi connectivity index (χ1) is 9.24. The van der Waals surface area contributed by atoms with E-state index in [1.54, 1.807) is 4.68 Å². The molecule has 2 unspecified atom stereocenters. The number of hydrogen-bond acceptors (Lipinski definition) is 3. The fraction of sp³-hybridized carbons (Fsp3) is 0.733. The highest BCUT2D eigenvalue weighted by molar-refractivity contribution is 5.92. The minimum absolute atomic E-state index is 0.0472. The predicted octanol–water partition coefficient (Wildman–Crippen LogP) is 2.07. The number of aryl methyl sites for hydroxylation is 1. The Kier molecular flexibility index (Phi) is 4.18. The lowest BCUT2D eigenvalue weighted by molar-refractivity contribution is -0.119. The Bertz CT molecular complexity index is 487. The van der Waals surface area contributed by atoms with Crippen LogP contribution in [-0.4, -0.2) is 21.7 Å². The predicted molar refractivity (Wildman–Crippen MR) is 80.3 cm³/mol. The average Bonchev–Trinajstić information content (AvgIpc) is 2.84. The van der Waals surface area contributed by atoms with E-state index < -0.39 is 0 Å². The molecule has 0 radical (unpaired) electrons. The Morgan fingerprint density at radius 2 is 2.20 bits per heavy atom. The molecule has 0 bridgehead atoms. The Morgan fingerprint density at radius 1 is 1.50 bits per heavy atom. The van der Waals surface area contributed by atoms with E-state index in [1.165, 1.54) is 0 Å². The van der Waals surface area contributed by atoms with E-state index in [4.69, 9.17) is 5.73 Å². The van der Waals surface area contributed by atoms with Gasteiger partial charge in [0, 0.05) is 25.1 Å². The molecule has 0 aliphatic heterocycles. The molecule has 1 heterocycles. The summed E-state index contributed by atoms with van der Waals surface area (Å²) in [5.41, 5.74) is 7.06. The summed E-state index contributed by atoms with van der Waals surface area (Å²) in [7, 11) is 1.86. The molecule has 1 fully saturated rings. The third-order valence-corrected chi connectivity index (χ3v) is 3.74. The van der Waals surface area contributed by atoms with Gasteiger partial charge in [0.15, 0.2) is 0 Å². The van der Waals surface area contributed by atoms with Crippen molar-refractivity contribution in [2.24, 2.45) is 24.1 Å². The third-order valence-electron chi connectivity index (χ3n) is 3.74. The van der Waals surface area contributed by atoms with Crippen molar-refractivity contribution in [1.82, 2.24) is 9.78 Å². The minimum atomic E-state index is 0.0472. The minimum Gasteiger partial charge on any atom is -0.328 e. The normalized spacial score (nSPS) is 23.1. The molecule has 0 spiro atoms. The number of aromatic nitrogens is 2. The van der Waals surface area contributed by atoms with Gasteiger partial charge in [0.2, 0.25) is 5.91 Å². The highest BCUT2D eigenvalue weighted by Crippen LogP contribution is 2.26. The van der Waals surface area contributed by atoms with Crippen LogP contribution in [0.4, 0.5) is 5.82 Å². The molecule has 2 rings (SSSR count). The lowest BCUT2D eigenvalue weighted by Gasteiger charge is -2.15. The van der Waals surface area contributed by atoms with Gasteiger partial charge in [-0.1, -0.05) is 20.8 Å². The van der Waals surface area contributed by atoms with E-state index in [0.29, 0.717) is 0 Å². The largest absolute Gasteiger partial charge is 0.328 e. The van der Waals surface area contributed by atoms with Gasteiger partial charge in [0.05, 0.1) is 5.69 Å². The number of nitrogens with two attached hydrogens (primary N) is 1. The number of rotatable bonds is 3. The van der Waals surface area contributed by atoms with Crippen LogP contribution in [0.15, 0.2) is 6.07 Å². The van der Waals surface area contributed by atoms with E-state index in [-0.39, 0.29) is 23.3 Å². The number of carbonyl (C=O) groups is 1. The van der Waals surface area contributed by atoms with Crippen LogP contribution in [0.25, 0.3) is 0 Å². The first-order valence-electron chi connectivity index (χ1n) is 7.34. The number of nitrogens with zero attached hydrogens (tertiary/aromatic N) is 2. The molecule has 112 valence electrons. The monoisotopic (exact) mass is 278 g/mol. The molecular formula is C15H26N4O. The molecule has 1 aliphatic rings. The number of amides is 1. The zero-order valence-corrected chi connectivity index (χ0v) is 12.9. The molecule has 1 aromatic rings. The smallest absolute Gasteiger partial charge is 0.228 e. The Balaban J connectivity index is 2.01. The van der Waals surface area contributed by atoms with E-state index >= 15 is 0 Å². The summed E-state index contributed by atoms with van der Waals surface area (Å²) in [5, 5.41) is 7.45. The van der Waals surface area contributed by atoms with E-state index in [2.05, 4.69) is 31.2 Å². The van der Waals surface area contributed by atoms with Crippen molar-refractivity contribution in [2.45, 2.75) is 52.5 Å². The summed E-state index contributed by atoms with van der Waals surface area (Å²) in [5.74, 6) is 0.893. The van der Waals surface area contributed by atoms with Gasteiger partial charge in [-0.25, -0.2) is 0 Å². The first-order valence-corrected chi connectivity index (χ1v) is 7.34. The van der Waals surface area contributed by atoms with Crippen LogP contribution in [-0.2, 0) is 18.3 Å². The SMILES string of the molecule is Cn1nc(CC(C)(C)C)cc1NC(=O)C1CCC(N)C1. The van der Waals surface area contributed by atoms with Gasteiger partial charge < -0.3 is 11.1 Å². The van der Waals surface area contributed by atoms with E-state index in [0.717, 1.165) is 37.2 Å². The van der Waals surface area contributed by atoms with Gasteiger partial charge in [0.1, 0.15) is 5.82 Å². The highest BCUT2D eigenvalue weighted by Gasteiger charge is 2.28. The highest BCUT2D eigenvalue weighted by atomic mass is 16.2. The van der Waals surface area contributed by atoms with Crippen molar-refractivity contribution in [3.8, 4) is 0 Å². The summed E-state index contributed by atoms with van der Waals surface area (Å²) in [6.45, 7) is 6.54. The van der Waals surface area contributed by atoms with Gasteiger partial charge in [0.25, 0.3) is 0 Å². The lowest BCUT2D eigenvalue weighted by Crippen LogP contribution is -2.24. The van der Waals surface area contributed by atoms with Gasteiger partial charge >= 0.3 is 0 Å². The maximum atomic E-state index is 12.2. The quantitative estimate of drug-likeness (QED) is 0.889. The van der Waals surface area contributed by atoms with Crippen LogP contribution in [0, 0.1) is 11.3 Å². The van der Waals surface area contributed by atoms with Crippen LogP contribution < -0.4 is 11.1 Å². The van der Waals surface area contributed by atoms with Crippen LogP contribution >= 0.6 is 0 Å². The summed E-state index contributed by atoms with van der Waals surface area (Å²) < 4.78 is 1.74. The first kappa shape index (κ1) is 15.0. The van der Waals surface area contributed by atoms with Crippen LogP contribution in [0.5, 0.6) is 0 Å². The Morgan fingerprint density at radius 3 is 2.75 bits per heavy atom. The van der Waals surface area contributed by atoms with Crippen LogP contribution in [0.2, 0.25) is 0 Å². The summed E-state index contributed by atoms with van der Waals surface area (Å²) in [6, 6.07) is 2.15. The molecule has 0 aromatic carbocycles. The van der Waals surface area contributed by atoms with E-state index in [9.17, 15) is 4.79 Å². The number of nitrogens with one attached hydrogen (secondary N) is 1. The molecule has 1 aliphatic carbocycles. The van der Waals surface area contributed by atoms with E-state index in [1.807, 2.05) is 13.1 Å². The molecule has 5 heteroatoms. The fourth-order valence-electron chi connectivity index (χ4n) is 2.76. The van der Waals surface area contributed by atoms with Gasteiger partial charge in [-0.3, -0.25) is 9.48 Å². The van der Waals surface area contributed by atoms with Crippen LogP contribution in [0.3, 0.4) is 0 Å². The maximum Gasteiger partial charge on any atom is 0.228 e. The van der Waals surface area contributed by atoms with Crippen LogP contribution in [0.1, 0.15) is 45.7 Å². The van der Waals surface area contributed by atoms with Crippen molar-refractivity contribution in [2.75, 3.05) is 5.32 Å². The average molecular weight is 278 g/mol. The Hall–Kier alpha value is -1.36. The molecule has 1 saturated carbocycles. The molecule has 0 saturated heterocycles. The van der Waals surface area contributed by atoms with Crippen molar-refractivity contribution in [3.63, 3.8) is 0 Å². The number of carbonyl (C=O) groups excluding carboxylic acids is 1. The van der Waals surface area contributed by atoms with Crippen molar-refractivity contribution >= 4 is 11.7 Å². The standard InChI is InChI=1S/C15H26N4O/c1-15(2,3)9-12-8-13(19(4)18-12)17-14(20)10-5-6-11(16)7-10/h8,10-11H,5-7,9,16H2,1-4H3,(H,17,20). The summed E-state index contributed by atoms with van der Waals surface area (Å²) >= 11 is 0. The van der Waals surface area contributed by atoms with Gasteiger partial charge in [-0.2, -0.15) is 5.10 Å². The molecular weight excluding hydrogens is 252 g/mol. The molecule has 1 aromatic heterocycles. The van der Waals surface area contributed by atoms with Crippen molar-refractivity contribution in [1.29, 1.82) is 0 Å². The number of anilines is 1. The second kappa shape index (κ2) is 5.56. The van der Waals surface area contributed by atoms with Crippen molar-refractivity contribution < 1.29 is 4.79 Å². The van der Waals surface area contributed by atoms with Gasteiger partial charge in [-0.05, 0) is 31.1 Å². The third kappa shape index (κ3) is 3.82. The fourth-order valence-corrected chi connectivity index (χ4v) is 2.76. The maximum absolute atomic E-state index is 12.2. The zero-order valence-electron chi connectivity index (χ0n) is 12.9. The molecule has 2 atom stereocenters. The molecule has 20 heavy (non-hydrogen) atoms. The molecule has 1 amide bonds. The zero-order chi connectivity index (χ0) is 14.9. The molecule has 3 N–H and O–H groups in total. The Labute approximate surface area is 120 Å². The number of hydrogen-bond donors (Lipinski definition) is 2. The summed E-state index contributed by atoms with van der Waals surface area (Å²) in [4.78, 5) is 12.2. The lowest BCUT2D eigenvalue weighted by atomic mass is 9.91. The van der Waals surface area contributed by atoms with Crippen molar-refractivity contribution in [3.05, 3.63) is 11.8 Å². The summed E-state index contributed by atoms with van der Waals surface area (Å²) in [6.07, 6.45) is 3.52. The second-order valence-corrected chi connectivity index (χ2v) is 7.14. The van der Waals surface area contributed by atoms with Gasteiger partial charge in [-0.15, -0.1) is 0 Å². The second-order valence-electron chi connectivity index (χ2n) is 7.14. The molecule has 5 nitrogen and oxygen atoms in total. The topological polar surface area (TPSA) is 72.9 Å².